The number of amides is 2. The molecule has 0 spiro atoms. The van der Waals surface area contributed by atoms with E-state index in [1.54, 1.807) is 12.1 Å². The predicted octanol–water partition coefficient (Wildman–Crippen LogP) is 3.09. The number of carbonyl (C=O) groups is 2. The van der Waals surface area contributed by atoms with Gasteiger partial charge in [0, 0.05) is 31.7 Å². The molecular weight excluding hydrogens is 328 g/mol. The van der Waals surface area contributed by atoms with Gasteiger partial charge in [-0.15, -0.1) is 0 Å². The molecule has 1 aromatic carbocycles. The van der Waals surface area contributed by atoms with Crippen molar-refractivity contribution in [2.24, 2.45) is 5.92 Å². The van der Waals surface area contributed by atoms with Gasteiger partial charge in [-0.3, -0.25) is 9.59 Å². The van der Waals surface area contributed by atoms with Crippen molar-refractivity contribution in [3.63, 3.8) is 0 Å². The highest BCUT2D eigenvalue weighted by Gasteiger charge is 2.16. The van der Waals surface area contributed by atoms with E-state index in [4.69, 9.17) is 16.3 Å². The van der Waals surface area contributed by atoms with E-state index in [9.17, 15) is 9.59 Å². The van der Waals surface area contributed by atoms with Gasteiger partial charge >= 0.3 is 0 Å². The van der Waals surface area contributed by atoms with Gasteiger partial charge in [0.1, 0.15) is 0 Å². The molecule has 0 heterocycles. The third-order valence-electron chi connectivity index (χ3n) is 3.28. The molecule has 5 nitrogen and oxygen atoms in total. The minimum atomic E-state index is -0.364. The topological polar surface area (TPSA) is 67.4 Å². The van der Waals surface area contributed by atoms with Gasteiger partial charge < -0.3 is 15.4 Å². The van der Waals surface area contributed by atoms with Crippen molar-refractivity contribution in [3.8, 4) is 0 Å². The van der Waals surface area contributed by atoms with Crippen LogP contribution in [0.25, 0.3) is 0 Å². The van der Waals surface area contributed by atoms with E-state index in [-0.39, 0.29) is 24.3 Å². The summed E-state index contributed by atoms with van der Waals surface area (Å²) in [5.74, 6) is 0.231. The molecule has 1 aromatic rings. The Bertz CT molecular complexity index is 518. The van der Waals surface area contributed by atoms with Gasteiger partial charge in [0.15, 0.2) is 0 Å². The molecule has 0 bridgehead atoms. The smallest absolute Gasteiger partial charge is 0.222 e. The molecule has 134 valence electrons. The zero-order valence-corrected chi connectivity index (χ0v) is 15.4. The van der Waals surface area contributed by atoms with Crippen LogP contribution in [0.1, 0.15) is 45.2 Å². The van der Waals surface area contributed by atoms with Gasteiger partial charge in [0.2, 0.25) is 11.8 Å². The SMILES string of the molecule is CC(=O)NC(CC(=O)NCCCOCC(C)C)c1ccc(Cl)cc1. The van der Waals surface area contributed by atoms with Crippen molar-refractivity contribution < 1.29 is 14.3 Å². The van der Waals surface area contributed by atoms with Gasteiger partial charge in [0.25, 0.3) is 0 Å². The van der Waals surface area contributed by atoms with Crippen LogP contribution >= 0.6 is 11.6 Å². The third kappa shape index (κ3) is 8.89. The highest BCUT2D eigenvalue weighted by Crippen LogP contribution is 2.19. The quantitative estimate of drug-likeness (QED) is 0.634. The molecule has 1 unspecified atom stereocenters. The Balaban J connectivity index is 2.41. The average Bonchev–Trinajstić information content (AvgIpc) is 2.50. The lowest BCUT2D eigenvalue weighted by molar-refractivity contribution is -0.122. The summed E-state index contributed by atoms with van der Waals surface area (Å²) < 4.78 is 5.47. The zero-order chi connectivity index (χ0) is 17.9. The van der Waals surface area contributed by atoms with Crippen LogP contribution in [0.5, 0.6) is 0 Å². The van der Waals surface area contributed by atoms with E-state index < -0.39 is 0 Å². The molecule has 24 heavy (non-hydrogen) atoms. The molecular formula is C18H27ClN2O3. The first-order valence-electron chi connectivity index (χ1n) is 8.25. The standard InChI is InChI=1S/C18H27ClN2O3/c1-13(2)12-24-10-4-9-20-18(23)11-17(21-14(3)22)15-5-7-16(19)8-6-15/h5-8,13,17H,4,9-12H2,1-3H3,(H,20,23)(H,21,22). The molecule has 2 amide bonds. The summed E-state index contributed by atoms with van der Waals surface area (Å²) >= 11 is 5.88. The number of nitrogens with one attached hydrogen (secondary N) is 2. The number of carbonyl (C=O) groups excluding carboxylic acids is 2. The third-order valence-corrected chi connectivity index (χ3v) is 3.53. The number of halogens is 1. The predicted molar refractivity (Wildman–Crippen MR) is 95.9 cm³/mol. The van der Waals surface area contributed by atoms with E-state index in [0.717, 1.165) is 18.6 Å². The van der Waals surface area contributed by atoms with Gasteiger partial charge in [-0.25, -0.2) is 0 Å². The van der Waals surface area contributed by atoms with E-state index in [1.807, 2.05) is 12.1 Å². The molecule has 2 N–H and O–H groups in total. The Labute approximate surface area is 149 Å². The van der Waals surface area contributed by atoms with Crippen LogP contribution in [0, 0.1) is 5.92 Å². The summed E-state index contributed by atoms with van der Waals surface area (Å²) in [7, 11) is 0. The Hall–Kier alpha value is -1.59. The van der Waals surface area contributed by atoms with Crippen LogP contribution in [0.3, 0.4) is 0 Å². The monoisotopic (exact) mass is 354 g/mol. The number of benzene rings is 1. The summed E-state index contributed by atoms with van der Waals surface area (Å²) in [6.45, 7) is 7.55. The fourth-order valence-electron chi connectivity index (χ4n) is 2.17. The molecule has 0 fully saturated rings. The highest BCUT2D eigenvalue weighted by atomic mass is 35.5. The largest absolute Gasteiger partial charge is 0.381 e. The second kappa shape index (κ2) is 11.0. The number of ether oxygens (including phenoxy) is 1. The molecule has 1 rings (SSSR count). The molecule has 0 aliphatic heterocycles. The van der Waals surface area contributed by atoms with Crippen LogP contribution in [0.4, 0.5) is 0 Å². The minimum absolute atomic E-state index is 0.104. The second-order valence-corrected chi connectivity index (χ2v) is 6.62. The Kier molecular flexibility index (Phi) is 9.42. The van der Waals surface area contributed by atoms with Crippen molar-refractivity contribution >= 4 is 23.4 Å². The number of hydrogen-bond acceptors (Lipinski definition) is 3. The first-order valence-corrected chi connectivity index (χ1v) is 8.63. The molecule has 0 radical (unpaired) electrons. The summed E-state index contributed by atoms with van der Waals surface area (Å²) in [5.41, 5.74) is 0.852. The van der Waals surface area contributed by atoms with Crippen molar-refractivity contribution in [2.75, 3.05) is 19.8 Å². The molecule has 6 heteroatoms. The Morgan fingerprint density at radius 1 is 1.21 bits per heavy atom. The molecule has 0 aliphatic rings. The van der Waals surface area contributed by atoms with Gasteiger partial charge in [0.05, 0.1) is 12.5 Å². The van der Waals surface area contributed by atoms with Gasteiger partial charge in [-0.1, -0.05) is 37.6 Å². The lowest BCUT2D eigenvalue weighted by Gasteiger charge is -2.18. The van der Waals surface area contributed by atoms with Gasteiger partial charge in [-0.2, -0.15) is 0 Å². The molecule has 0 saturated carbocycles. The lowest BCUT2D eigenvalue weighted by Crippen LogP contribution is -2.33. The Morgan fingerprint density at radius 3 is 2.46 bits per heavy atom. The van der Waals surface area contributed by atoms with E-state index >= 15 is 0 Å². The minimum Gasteiger partial charge on any atom is -0.381 e. The van der Waals surface area contributed by atoms with Crippen LogP contribution in [0.2, 0.25) is 5.02 Å². The average molecular weight is 355 g/mol. The second-order valence-electron chi connectivity index (χ2n) is 6.18. The lowest BCUT2D eigenvalue weighted by atomic mass is 10.0. The van der Waals surface area contributed by atoms with Crippen LogP contribution < -0.4 is 10.6 Å². The van der Waals surface area contributed by atoms with Crippen molar-refractivity contribution in [1.29, 1.82) is 0 Å². The van der Waals surface area contributed by atoms with Crippen LogP contribution in [-0.4, -0.2) is 31.6 Å². The zero-order valence-electron chi connectivity index (χ0n) is 14.6. The maximum atomic E-state index is 12.1. The van der Waals surface area contributed by atoms with Crippen molar-refractivity contribution in [3.05, 3.63) is 34.9 Å². The molecule has 0 saturated heterocycles. The maximum absolute atomic E-state index is 12.1. The van der Waals surface area contributed by atoms with Crippen molar-refractivity contribution in [1.82, 2.24) is 10.6 Å². The first kappa shape index (κ1) is 20.5. The van der Waals surface area contributed by atoms with Crippen LogP contribution in [-0.2, 0) is 14.3 Å². The van der Waals surface area contributed by atoms with E-state index in [0.29, 0.717) is 24.1 Å². The van der Waals surface area contributed by atoms with Gasteiger partial charge in [-0.05, 0) is 30.0 Å². The van der Waals surface area contributed by atoms with Crippen molar-refractivity contribution in [2.45, 2.75) is 39.7 Å². The molecule has 1 atom stereocenters. The van der Waals surface area contributed by atoms with E-state index in [2.05, 4.69) is 24.5 Å². The summed E-state index contributed by atoms with van der Waals surface area (Å²) in [4.78, 5) is 23.5. The maximum Gasteiger partial charge on any atom is 0.222 e. The number of hydrogen-bond donors (Lipinski definition) is 2. The molecule has 0 aromatic heterocycles. The Morgan fingerprint density at radius 2 is 1.88 bits per heavy atom. The summed E-state index contributed by atoms with van der Waals surface area (Å²) in [6, 6.07) is 6.76. The fraction of sp³-hybridized carbons (Fsp3) is 0.556. The fourth-order valence-corrected chi connectivity index (χ4v) is 2.30. The normalized spacial score (nSPS) is 12.0. The molecule has 0 aliphatic carbocycles. The van der Waals surface area contributed by atoms with E-state index in [1.165, 1.54) is 6.92 Å². The highest BCUT2D eigenvalue weighted by molar-refractivity contribution is 6.30. The number of rotatable bonds is 10. The first-order chi connectivity index (χ1) is 11.4. The summed E-state index contributed by atoms with van der Waals surface area (Å²) in [5, 5.41) is 6.28. The summed E-state index contributed by atoms with van der Waals surface area (Å²) in [6.07, 6.45) is 0.957. The van der Waals surface area contributed by atoms with Crippen LogP contribution in [0.15, 0.2) is 24.3 Å².